The molecule has 6 heteroatoms. The Balaban J connectivity index is 1.56. The van der Waals surface area contributed by atoms with Crippen LogP contribution < -0.4 is 5.32 Å². The van der Waals surface area contributed by atoms with Gasteiger partial charge in [0.25, 0.3) is 5.91 Å². The number of aromatic nitrogens is 4. The third kappa shape index (κ3) is 3.22. The molecule has 0 spiro atoms. The summed E-state index contributed by atoms with van der Waals surface area (Å²) in [5.41, 5.74) is 1.26. The Labute approximate surface area is 121 Å². The van der Waals surface area contributed by atoms with E-state index in [4.69, 9.17) is 0 Å². The topological polar surface area (TPSA) is 83.6 Å². The first-order valence-corrected chi connectivity index (χ1v) is 6.81. The molecule has 2 aromatic heterocycles. The first-order chi connectivity index (χ1) is 10.3. The number of fused-ring (bicyclic) bond motifs is 1. The zero-order valence-corrected chi connectivity index (χ0v) is 11.4. The molecule has 106 valence electrons. The van der Waals surface area contributed by atoms with Crippen LogP contribution >= 0.6 is 0 Å². The molecule has 0 unspecified atom stereocenters. The van der Waals surface area contributed by atoms with E-state index >= 15 is 0 Å². The van der Waals surface area contributed by atoms with E-state index in [1.807, 2.05) is 30.3 Å². The molecule has 0 saturated heterocycles. The zero-order valence-electron chi connectivity index (χ0n) is 11.4. The van der Waals surface area contributed by atoms with E-state index in [-0.39, 0.29) is 5.91 Å². The Morgan fingerprint density at radius 3 is 2.95 bits per heavy atom. The highest BCUT2D eigenvalue weighted by atomic mass is 16.1. The zero-order chi connectivity index (χ0) is 14.5. The van der Waals surface area contributed by atoms with Crippen molar-refractivity contribution in [2.45, 2.75) is 12.8 Å². The SMILES string of the molecule is O=C(NCCCc1ncn[nH]1)c1ccc2ccccc2n1. The first kappa shape index (κ1) is 13.2. The van der Waals surface area contributed by atoms with E-state index in [9.17, 15) is 4.79 Å². The van der Waals surface area contributed by atoms with Gasteiger partial charge < -0.3 is 5.32 Å². The van der Waals surface area contributed by atoms with Crippen molar-refractivity contribution in [3.8, 4) is 0 Å². The van der Waals surface area contributed by atoms with E-state index in [2.05, 4.69) is 25.5 Å². The quantitative estimate of drug-likeness (QED) is 0.697. The van der Waals surface area contributed by atoms with Crippen molar-refractivity contribution in [2.75, 3.05) is 6.54 Å². The number of H-pyrrole nitrogens is 1. The Morgan fingerprint density at radius 2 is 2.10 bits per heavy atom. The number of rotatable bonds is 5. The van der Waals surface area contributed by atoms with Crippen molar-refractivity contribution in [2.24, 2.45) is 0 Å². The molecular formula is C15H15N5O. The number of hydrogen-bond acceptors (Lipinski definition) is 4. The predicted octanol–water partition coefficient (Wildman–Crippen LogP) is 1.72. The van der Waals surface area contributed by atoms with E-state index in [1.165, 1.54) is 6.33 Å². The summed E-state index contributed by atoms with van der Waals surface area (Å²) in [7, 11) is 0. The van der Waals surface area contributed by atoms with Crippen LogP contribution in [0.5, 0.6) is 0 Å². The molecule has 1 aromatic carbocycles. The van der Waals surface area contributed by atoms with Crippen LogP contribution in [0.4, 0.5) is 0 Å². The molecule has 6 nitrogen and oxygen atoms in total. The predicted molar refractivity (Wildman–Crippen MR) is 78.8 cm³/mol. The molecule has 0 radical (unpaired) electrons. The lowest BCUT2D eigenvalue weighted by Gasteiger charge is -2.05. The summed E-state index contributed by atoms with van der Waals surface area (Å²) in [5.74, 6) is 0.673. The molecule has 1 amide bonds. The van der Waals surface area contributed by atoms with Crippen molar-refractivity contribution in [1.82, 2.24) is 25.5 Å². The van der Waals surface area contributed by atoms with Gasteiger partial charge in [-0.1, -0.05) is 24.3 Å². The molecule has 0 aliphatic carbocycles. The number of aromatic amines is 1. The van der Waals surface area contributed by atoms with Gasteiger partial charge in [0.1, 0.15) is 17.8 Å². The monoisotopic (exact) mass is 281 g/mol. The smallest absolute Gasteiger partial charge is 0.269 e. The molecule has 0 aliphatic heterocycles. The molecule has 0 saturated carbocycles. The minimum absolute atomic E-state index is 0.154. The van der Waals surface area contributed by atoms with Crippen LogP contribution in [0.1, 0.15) is 22.7 Å². The summed E-state index contributed by atoms with van der Waals surface area (Å²) < 4.78 is 0. The summed E-state index contributed by atoms with van der Waals surface area (Å²) in [4.78, 5) is 20.4. The maximum atomic E-state index is 12.0. The molecule has 21 heavy (non-hydrogen) atoms. The van der Waals surface area contributed by atoms with Gasteiger partial charge in [0.2, 0.25) is 0 Å². The second kappa shape index (κ2) is 6.13. The summed E-state index contributed by atoms with van der Waals surface area (Å²) in [6, 6.07) is 11.4. The summed E-state index contributed by atoms with van der Waals surface area (Å²) in [6.45, 7) is 0.577. The van der Waals surface area contributed by atoms with Gasteiger partial charge in [-0.25, -0.2) is 9.97 Å². The van der Waals surface area contributed by atoms with Gasteiger partial charge in [0.05, 0.1) is 5.52 Å². The van der Waals surface area contributed by atoms with Crippen molar-refractivity contribution < 1.29 is 4.79 Å². The second-order valence-corrected chi connectivity index (χ2v) is 4.68. The van der Waals surface area contributed by atoms with Gasteiger partial charge in [-0.3, -0.25) is 9.89 Å². The van der Waals surface area contributed by atoms with Gasteiger partial charge >= 0.3 is 0 Å². The highest BCUT2D eigenvalue weighted by molar-refractivity contribution is 5.94. The highest BCUT2D eigenvalue weighted by Crippen LogP contribution is 2.11. The van der Waals surface area contributed by atoms with Crippen LogP contribution in [-0.2, 0) is 6.42 Å². The number of nitrogens with zero attached hydrogens (tertiary/aromatic N) is 3. The molecule has 2 heterocycles. The van der Waals surface area contributed by atoms with Crippen LogP contribution in [0.3, 0.4) is 0 Å². The Hall–Kier alpha value is -2.76. The molecule has 0 atom stereocenters. The minimum Gasteiger partial charge on any atom is -0.351 e. The fourth-order valence-electron chi connectivity index (χ4n) is 2.09. The Bertz CT molecular complexity index is 739. The van der Waals surface area contributed by atoms with Crippen LogP contribution in [-0.4, -0.2) is 32.6 Å². The highest BCUT2D eigenvalue weighted by Gasteiger charge is 2.07. The van der Waals surface area contributed by atoms with Crippen molar-refractivity contribution in [1.29, 1.82) is 0 Å². The molecular weight excluding hydrogens is 266 g/mol. The Kier molecular flexibility index (Phi) is 3.86. The average Bonchev–Trinajstić information content (AvgIpc) is 3.04. The fourth-order valence-corrected chi connectivity index (χ4v) is 2.09. The lowest BCUT2D eigenvalue weighted by molar-refractivity contribution is 0.0948. The lowest BCUT2D eigenvalue weighted by Crippen LogP contribution is -2.25. The molecule has 3 aromatic rings. The number of hydrogen-bond donors (Lipinski definition) is 2. The summed E-state index contributed by atoms with van der Waals surface area (Å²) in [5, 5.41) is 10.5. The van der Waals surface area contributed by atoms with E-state index in [1.54, 1.807) is 6.07 Å². The van der Waals surface area contributed by atoms with Gasteiger partial charge in [0.15, 0.2) is 0 Å². The maximum Gasteiger partial charge on any atom is 0.269 e. The third-order valence-corrected chi connectivity index (χ3v) is 3.17. The average molecular weight is 281 g/mol. The number of pyridine rings is 1. The molecule has 0 aliphatic rings. The number of nitrogens with one attached hydrogen (secondary N) is 2. The number of para-hydroxylation sites is 1. The summed E-state index contributed by atoms with van der Waals surface area (Å²) >= 11 is 0. The van der Waals surface area contributed by atoms with E-state index in [0.717, 1.165) is 29.6 Å². The van der Waals surface area contributed by atoms with Crippen molar-refractivity contribution >= 4 is 16.8 Å². The Morgan fingerprint density at radius 1 is 1.19 bits per heavy atom. The number of benzene rings is 1. The van der Waals surface area contributed by atoms with Crippen molar-refractivity contribution in [3.05, 3.63) is 54.2 Å². The minimum atomic E-state index is -0.154. The molecule has 2 N–H and O–H groups in total. The van der Waals surface area contributed by atoms with Gasteiger partial charge in [-0.2, -0.15) is 5.10 Å². The normalized spacial score (nSPS) is 10.7. The van der Waals surface area contributed by atoms with Crippen LogP contribution in [0.15, 0.2) is 42.7 Å². The third-order valence-electron chi connectivity index (χ3n) is 3.17. The molecule has 0 fully saturated rings. The van der Waals surface area contributed by atoms with Crippen LogP contribution in [0.25, 0.3) is 10.9 Å². The van der Waals surface area contributed by atoms with E-state index in [0.29, 0.717) is 12.2 Å². The second-order valence-electron chi connectivity index (χ2n) is 4.68. The largest absolute Gasteiger partial charge is 0.351 e. The van der Waals surface area contributed by atoms with Crippen LogP contribution in [0.2, 0.25) is 0 Å². The standard InChI is InChI=1S/C15H15N5O/c21-15(16-9-3-6-14-17-10-18-20-14)13-8-7-11-4-1-2-5-12(11)19-13/h1-2,4-5,7-8,10H,3,6,9H2,(H,16,21)(H,17,18,20). The fraction of sp³-hybridized carbons (Fsp3) is 0.200. The van der Waals surface area contributed by atoms with Crippen LogP contribution in [0, 0.1) is 0 Å². The summed E-state index contributed by atoms with van der Waals surface area (Å²) in [6.07, 6.45) is 3.03. The number of carbonyl (C=O) groups excluding carboxylic acids is 1. The maximum absolute atomic E-state index is 12.0. The first-order valence-electron chi connectivity index (χ1n) is 6.81. The number of amides is 1. The number of carbonyl (C=O) groups is 1. The van der Waals surface area contributed by atoms with Gasteiger partial charge in [-0.15, -0.1) is 0 Å². The molecule has 0 bridgehead atoms. The number of aryl methyl sites for hydroxylation is 1. The van der Waals surface area contributed by atoms with Gasteiger partial charge in [-0.05, 0) is 18.6 Å². The van der Waals surface area contributed by atoms with E-state index < -0.39 is 0 Å². The lowest BCUT2D eigenvalue weighted by atomic mass is 10.2. The molecule has 3 rings (SSSR count). The van der Waals surface area contributed by atoms with Crippen molar-refractivity contribution in [3.63, 3.8) is 0 Å². The van der Waals surface area contributed by atoms with Gasteiger partial charge in [0, 0.05) is 18.4 Å².